The first kappa shape index (κ1) is 15.9. The van der Waals surface area contributed by atoms with E-state index in [9.17, 15) is 14.9 Å². The summed E-state index contributed by atoms with van der Waals surface area (Å²) in [6.45, 7) is 3.11. The predicted octanol–water partition coefficient (Wildman–Crippen LogP) is 4.12. The van der Waals surface area contributed by atoms with E-state index in [1.54, 1.807) is 41.8 Å². The van der Waals surface area contributed by atoms with Crippen LogP contribution in [-0.2, 0) is 0 Å². The molecule has 26 heavy (non-hydrogen) atoms. The molecule has 0 saturated heterocycles. The van der Waals surface area contributed by atoms with Gasteiger partial charge in [0, 0.05) is 22.2 Å². The first-order chi connectivity index (χ1) is 12.5. The molecule has 0 spiro atoms. The van der Waals surface area contributed by atoms with Crippen molar-refractivity contribution in [1.82, 2.24) is 4.57 Å². The molecule has 0 unspecified atom stereocenters. The fourth-order valence-corrected chi connectivity index (χ4v) is 3.20. The van der Waals surface area contributed by atoms with Crippen LogP contribution in [0.4, 0.5) is 0 Å². The van der Waals surface area contributed by atoms with Crippen LogP contribution in [0.1, 0.15) is 28.4 Å². The summed E-state index contributed by atoms with van der Waals surface area (Å²) in [5.41, 5.74) is 3.04. The van der Waals surface area contributed by atoms with Gasteiger partial charge in [-0.25, -0.2) is 0 Å². The summed E-state index contributed by atoms with van der Waals surface area (Å²) >= 11 is 0. The molecule has 0 aliphatic heterocycles. The number of para-hydroxylation sites is 1. The predicted molar refractivity (Wildman–Crippen MR) is 98.8 cm³/mol. The highest BCUT2D eigenvalue weighted by Crippen LogP contribution is 2.32. The second kappa shape index (κ2) is 5.71. The average Bonchev–Trinajstić information content (AvgIpc) is 3.02. The lowest BCUT2D eigenvalue weighted by molar-refractivity contribution is 0.101. The molecule has 0 radical (unpaired) electrons. The van der Waals surface area contributed by atoms with Crippen LogP contribution in [0, 0.1) is 18.3 Å². The van der Waals surface area contributed by atoms with E-state index in [0.29, 0.717) is 33.5 Å². The smallest absolute Gasteiger partial charge is 0.260 e. The first-order valence-corrected chi connectivity index (χ1v) is 8.11. The van der Waals surface area contributed by atoms with Gasteiger partial charge in [0.25, 0.3) is 5.56 Å². The van der Waals surface area contributed by atoms with Crippen LogP contribution >= 0.6 is 0 Å². The van der Waals surface area contributed by atoms with Gasteiger partial charge in [0.1, 0.15) is 22.7 Å². The number of Topliss-reactive ketones (excluding diaryl/α,β-unsaturated/α-hetero) is 1. The largest absolute Gasteiger partial charge is 0.453 e. The second-order valence-corrected chi connectivity index (χ2v) is 6.13. The maximum absolute atomic E-state index is 13.0. The maximum Gasteiger partial charge on any atom is 0.260 e. The third kappa shape index (κ3) is 2.16. The van der Waals surface area contributed by atoms with Gasteiger partial charge >= 0.3 is 0 Å². The number of pyridine rings is 1. The van der Waals surface area contributed by atoms with Crippen LogP contribution in [0.5, 0.6) is 0 Å². The van der Waals surface area contributed by atoms with Gasteiger partial charge in [-0.1, -0.05) is 12.1 Å². The van der Waals surface area contributed by atoms with Gasteiger partial charge in [0.15, 0.2) is 11.4 Å². The molecule has 0 fully saturated rings. The second-order valence-electron chi connectivity index (χ2n) is 6.13. The van der Waals surface area contributed by atoms with E-state index in [4.69, 9.17) is 4.42 Å². The minimum Gasteiger partial charge on any atom is -0.453 e. The Morgan fingerprint density at radius 2 is 1.81 bits per heavy atom. The molecule has 5 nitrogen and oxygen atoms in total. The number of carbonyl (C=O) groups is 1. The summed E-state index contributed by atoms with van der Waals surface area (Å²) in [7, 11) is 0. The van der Waals surface area contributed by atoms with E-state index < -0.39 is 0 Å². The molecule has 0 amide bonds. The summed E-state index contributed by atoms with van der Waals surface area (Å²) < 4.78 is 7.44. The summed E-state index contributed by atoms with van der Waals surface area (Å²) in [5, 5.41) is 10.3. The standard InChI is InChI=1S/C21H14N2O3/c1-12-17(11-22)20-19(16-5-3-4-6-18(16)26-20)23(21(12)25)15-9-7-14(8-10-15)13(2)24/h3-10H,1-2H3. The monoisotopic (exact) mass is 342 g/mol. The number of benzene rings is 2. The quantitative estimate of drug-likeness (QED) is 0.514. The molecule has 4 rings (SSSR count). The van der Waals surface area contributed by atoms with Crippen molar-refractivity contribution < 1.29 is 9.21 Å². The Bertz CT molecular complexity index is 1290. The fourth-order valence-electron chi connectivity index (χ4n) is 3.20. The Labute approximate surface area is 148 Å². The summed E-state index contributed by atoms with van der Waals surface area (Å²) in [5.74, 6) is -0.0428. The van der Waals surface area contributed by atoms with Crippen LogP contribution in [0.25, 0.3) is 27.8 Å². The number of ketones is 1. The fraction of sp³-hybridized carbons (Fsp3) is 0.0952. The van der Waals surface area contributed by atoms with Crippen LogP contribution in [0.3, 0.4) is 0 Å². The zero-order chi connectivity index (χ0) is 18.4. The number of hydrogen-bond donors (Lipinski definition) is 0. The molecular weight excluding hydrogens is 328 g/mol. The number of carbonyl (C=O) groups excluding carboxylic acids is 1. The summed E-state index contributed by atoms with van der Waals surface area (Å²) in [6.07, 6.45) is 0. The summed E-state index contributed by atoms with van der Waals surface area (Å²) in [6, 6.07) is 16.3. The maximum atomic E-state index is 13.0. The molecule has 0 saturated carbocycles. The van der Waals surface area contributed by atoms with Gasteiger partial charge in [0.05, 0.1) is 0 Å². The SMILES string of the molecule is CC(=O)c1ccc(-n2c(=O)c(C)c(C#N)c3oc4ccccc4c32)cc1. The van der Waals surface area contributed by atoms with E-state index in [1.165, 1.54) is 6.92 Å². The van der Waals surface area contributed by atoms with Crippen LogP contribution < -0.4 is 5.56 Å². The van der Waals surface area contributed by atoms with Crippen LogP contribution in [0.15, 0.2) is 57.7 Å². The average molecular weight is 342 g/mol. The Balaban J connectivity index is 2.18. The van der Waals surface area contributed by atoms with Crippen molar-refractivity contribution in [3.8, 4) is 11.8 Å². The van der Waals surface area contributed by atoms with Crippen molar-refractivity contribution in [1.29, 1.82) is 5.26 Å². The normalized spacial score (nSPS) is 11.0. The van der Waals surface area contributed by atoms with Crippen molar-refractivity contribution in [2.24, 2.45) is 0 Å². The molecule has 2 heterocycles. The lowest BCUT2D eigenvalue weighted by Crippen LogP contribution is -2.22. The highest BCUT2D eigenvalue weighted by Gasteiger charge is 2.21. The number of fused-ring (bicyclic) bond motifs is 3. The number of hydrogen-bond acceptors (Lipinski definition) is 4. The molecule has 0 atom stereocenters. The molecule has 0 aliphatic rings. The Hall–Kier alpha value is -3.65. The van der Waals surface area contributed by atoms with Gasteiger partial charge in [0.2, 0.25) is 0 Å². The van der Waals surface area contributed by atoms with E-state index in [-0.39, 0.29) is 16.9 Å². The van der Waals surface area contributed by atoms with Crippen molar-refractivity contribution >= 4 is 27.9 Å². The molecule has 5 heteroatoms. The molecule has 2 aromatic carbocycles. The number of furan rings is 1. The molecular formula is C21H14N2O3. The molecule has 0 N–H and O–H groups in total. The van der Waals surface area contributed by atoms with Crippen molar-refractivity contribution in [2.45, 2.75) is 13.8 Å². The van der Waals surface area contributed by atoms with Gasteiger partial charge in [-0.05, 0) is 50.2 Å². The minimum absolute atomic E-state index is 0.0428. The molecule has 126 valence electrons. The van der Waals surface area contributed by atoms with Gasteiger partial charge < -0.3 is 4.42 Å². The molecule has 4 aromatic rings. The zero-order valence-corrected chi connectivity index (χ0v) is 14.2. The highest BCUT2D eigenvalue weighted by molar-refractivity contribution is 6.05. The number of rotatable bonds is 2. The number of nitriles is 1. The van der Waals surface area contributed by atoms with Gasteiger partial charge in [-0.3, -0.25) is 14.2 Å². The number of nitrogens with zero attached hydrogens (tertiary/aromatic N) is 2. The molecule has 0 bridgehead atoms. The van der Waals surface area contributed by atoms with E-state index >= 15 is 0 Å². The Morgan fingerprint density at radius 3 is 2.46 bits per heavy atom. The lowest BCUT2D eigenvalue weighted by Gasteiger charge is -2.11. The van der Waals surface area contributed by atoms with E-state index in [0.717, 1.165) is 5.39 Å². The number of aromatic nitrogens is 1. The van der Waals surface area contributed by atoms with Crippen LogP contribution in [0.2, 0.25) is 0 Å². The van der Waals surface area contributed by atoms with E-state index in [1.807, 2.05) is 18.2 Å². The van der Waals surface area contributed by atoms with Crippen molar-refractivity contribution in [2.75, 3.05) is 0 Å². The van der Waals surface area contributed by atoms with Gasteiger partial charge in [-0.2, -0.15) is 5.26 Å². The minimum atomic E-state index is -0.281. The zero-order valence-electron chi connectivity index (χ0n) is 14.2. The van der Waals surface area contributed by atoms with Crippen molar-refractivity contribution in [3.63, 3.8) is 0 Å². The molecule has 2 aromatic heterocycles. The summed E-state index contributed by atoms with van der Waals surface area (Å²) in [4.78, 5) is 24.6. The Kier molecular flexibility index (Phi) is 3.48. The first-order valence-electron chi connectivity index (χ1n) is 8.11. The van der Waals surface area contributed by atoms with Gasteiger partial charge in [-0.15, -0.1) is 0 Å². The third-order valence-corrected chi connectivity index (χ3v) is 4.56. The third-order valence-electron chi connectivity index (χ3n) is 4.56. The lowest BCUT2D eigenvalue weighted by atomic mass is 10.1. The molecule has 0 aliphatic carbocycles. The van der Waals surface area contributed by atoms with Crippen molar-refractivity contribution in [3.05, 3.63) is 75.6 Å². The highest BCUT2D eigenvalue weighted by atomic mass is 16.3. The Morgan fingerprint density at radius 1 is 1.12 bits per heavy atom. The topological polar surface area (TPSA) is 76.0 Å². The van der Waals surface area contributed by atoms with Crippen LogP contribution in [-0.4, -0.2) is 10.4 Å². The van der Waals surface area contributed by atoms with E-state index in [2.05, 4.69) is 6.07 Å².